The fourth-order valence-corrected chi connectivity index (χ4v) is 2.54. The molecule has 0 saturated carbocycles. The number of benzene rings is 1. The summed E-state index contributed by atoms with van der Waals surface area (Å²) in [5.41, 5.74) is 1.08. The van der Waals surface area contributed by atoms with Crippen LogP contribution < -0.4 is 5.32 Å². The molecule has 1 nitrogen and oxygen atoms in total. The van der Waals surface area contributed by atoms with Gasteiger partial charge in [-0.15, -0.1) is 0 Å². The summed E-state index contributed by atoms with van der Waals surface area (Å²) in [6, 6.07) is 5.71. The average Bonchev–Trinajstić information content (AvgIpc) is 2.24. The minimum Gasteiger partial charge on any atom is -0.319 e. The van der Waals surface area contributed by atoms with Crippen molar-refractivity contribution in [2.24, 2.45) is 5.92 Å². The molecule has 0 fully saturated rings. The Morgan fingerprint density at radius 1 is 1.25 bits per heavy atom. The molecule has 0 saturated heterocycles. The summed E-state index contributed by atoms with van der Waals surface area (Å²) in [7, 11) is 1.98. The number of nitrogens with one attached hydrogen (secondary N) is 1. The van der Waals surface area contributed by atoms with Gasteiger partial charge < -0.3 is 5.32 Å². The van der Waals surface area contributed by atoms with E-state index in [4.69, 9.17) is 23.2 Å². The molecule has 0 bridgehead atoms. The Hall–Kier alpha value is -0.240. The lowest BCUT2D eigenvalue weighted by molar-refractivity contribution is 0.456. The summed E-state index contributed by atoms with van der Waals surface area (Å²) in [6.45, 7) is 3.21. The van der Waals surface area contributed by atoms with E-state index in [-0.39, 0.29) is 0 Å². The fraction of sp³-hybridized carbons (Fsp3) is 0.538. The first kappa shape index (κ1) is 13.8. The lowest BCUT2D eigenvalue weighted by Crippen LogP contribution is -2.20. The number of rotatable bonds is 6. The van der Waals surface area contributed by atoms with Crippen LogP contribution in [0.1, 0.15) is 25.3 Å². The van der Waals surface area contributed by atoms with Gasteiger partial charge in [-0.05, 0) is 50.0 Å². The lowest BCUT2D eigenvalue weighted by atomic mass is 9.95. The van der Waals surface area contributed by atoms with Crippen LogP contribution in [0.2, 0.25) is 10.0 Å². The molecule has 1 aromatic rings. The molecule has 16 heavy (non-hydrogen) atoms. The molecule has 0 heterocycles. The third kappa shape index (κ3) is 3.97. The first-order valence-electron chi connectivity index (χ1n) is 5.76. The monoisotopic (exact) mass is 259 g/mol. The Morgan fingerprint density at radius 2 is 1.88 bits per heavy atom. The summed E-state index contributed by atoms with van der Waals surface area (Å²) in [6.07, 6.45) is 3.34. The Morgan fingerprint density at radius 3 is 2.38 bits per heavy atom. The van der Waals surface area contributed by atoms with Crippen LogP contribution in [0, 0.1) is 5.92 Å². The van der Waals surface area contributed by atoms with E-state index in [1.165, 1.54) is 12.8 Å². The summed E-state index contributed by atoms with van der Waals surface area (Å²) < 4.78 is 0. The number of halogens is 2. The smallest absolute Gasteiger partial charge is 0.0452 e. The topological polar surface area (TPSA) is 12.0 Å². The zero-order chi connectivity index (χ0) is 12.0. The third-order valence-corrected chi connectivity index (χ3v) is 3.45. The van der Waals surface area contributed by atoms with Crippen LogP contribution in [0.3, 0.4) is 0 Å². The van der Waals surface area contributed by atoms with Crippen LogP contribution in [0.4, 0.5) is 0 Å². The van der Waals surface area contributed by atoms with E-state index in [2.05, 4.69) is 12.2 Å². The van der Waals surface area contributed by atoms with E-state index in [9.17, 15) is 0 Å². The van der Waals surface area contributed by atoms with Gasteiger partial charge in [-0.1, -0.05) is 42.6 Å². The largest absolute Gasteiger partial charge is 0.319 e. The normalized spacial score (nSPS) is 12.8. The fourth-order valence-electron chi connectivity index (χ4n) is 1.99. The highest BCUT2D eigenvalue weighted by molar-refractivity contribution is 6.35. The number of hydrogen-bond acceptors (Lipinski definition) is 1. The van der Waals surface area contributed by atoms with E-state index in [0.717, 1.165) is 28.6 Å². The molecule has 0 amide bonds. The van der Waals surface area contributed by atoms with Gasteiger partial charge in [0.25, 0.3) is 0 Å². The van der Waals surface area contributed by atoms with Crippen LogP contribution >= 0.6 is 23.2 Å². The lowest BCUT2D eigenvalue weighted by Gasteiger charge is -2.17. The van der Waals surface area contributed by atoms with Crippen molar-refractivity contribution < 1.29 is 0 Å². The minimum atomic E-state index is 0.604. The van der Waals surface area contributed by atoms with E-state index in [1.807, 2.05) is 25.2 Å². The first-order valence-corrected chi connectivity index (χ1v) is 6.52. The molecule has 0 spiro atoms. The zero-order valence-electron chi connectivity index (χ0n) is 9.89. The summed E-state index contributed by atoms with van der Waals surface area (Å²) in [5.74, 6) is 0.604. The van der Waals surface area contributed by atoms with Crippen molar-refractivity contribution >= 4 is 23.2 Å². The molecule has 1 rings (SSSR count). The Bertz CT molecular complexity index is 299. The van der Waals surface area contributed by atoms with Crippen LogP contribution in [0.5, 0.6) is 0 Å². The molecular formula is C13H19Cl2N. The molecule has 1 N–H and O–H groups in total. The maximum Gasteiger partial charge on any atom is 0.0452 e. The van der Waals surface area contributed by atoms with Gasteiger partial charge in [0, 0.05) is 10.0 Å². The molecule has 0 aliphatic rings. The minimum absolute atomic E-state index is 0.604. The second kappa shape index (κ2) is 7.16. The second-order valence-corrected chi connectivity index (χ2v) is 4.93. The maximum absolute atomic E-state index is 6.17. The van der Waals surface area contributed by atoms with Crippen LogP contribution in [-0.2, 0) is 6.42 Å². The van der Waals surface area contributed by atoms with Gasteiger partial charge in [0.15, 0.2) is 0 Å². The molecule has 0 radical (unpaired) electrons. The SMILES string of the molecule is CCCC(CNC)Cc1c(Cl)cccc1Cl. The molecule has 1 atom stereocenters. The molecule has 3 heteroatoms. The van der Waals surface area contributed by atoms with Gasteiger partial charge in [-0.3, -0.25) is 0 Å². The predicted molar refractivity (Wildman–Crippen MR) is 72.5 cm³/mol. The summed E-state index contributed by atoms with van der Waals surface area (Å²) >= 11 is 12.3. The van der Waals surface area contributed by atoms with E-state index in [0.29, 0.717) is 5.92 Å². The standard InChI is InChI=1S/C13H19Cl2N/c1-3-5-10(9-16-2)8-11-12(14)6-4-7-13(11)15/h4,6-7,10,16H,3,5,8-9H2,1-2H3. The van der Waals surface area contributed by atoms with Gasteiger partial charge in [0.2, 0.25) is 0 Å². The Kier molecular flexibility index (Phi) is 6.18. The number of hydrogen-bond donors (Lipinski definition) is 1. The van der Waals surface area contributed by atoms with Crippen molar-refractivity contribution in [2.75, 3.05) is 13.6 Å². The summed E-state index contributed by atoms with van der Waals surface area (Å²) in [5, 5.41) is 4.79. The molecule has 0 aromatic heterocycles. The highest BCUT2D eigenvalue weighted by atomic mass is 35.5. The van der Waals surface area contributed by atoms with E-state index in [1.54, 1.807) is 0 Å². The van der Waals surface area contributed by atoms with Crippen molar-refractivity contribution in [2.45, 2.75) is 26.2 Å². The molecule has 0 aliphatic carbocycles. The second-order valence-electron chi connectivity index (χ2n) is 4.12. The van der Waals surface area contributed by atoms with Gasteiger partial charge in [0.05, 0.1) is 0 Å². The van der Waals surface area contributed by atoms with Crippen molar-refractivity contribution in [3.8, 4) is 0 Å². The van der Waals surface area contributed by atoms with Crippen molar-refractivity contribution in [1.29, 1.82) is 0 Å². The average molecular weight is 260 g/mol. The van der Waals surface area contributed by atoms with Gasteiger partial charge in [-0.25, -0.2) is 0 Å². The maximum atomic E-state index is 6.17. The van der Waals surface area contributed by atoms with E-state index >= 15 is 0 Å². The van der Waals surface area contributed by atoms with Crippen LogP contribution in [0.15, 0.2) is 18.2 Å². The highest BCUT2D eigenvalue weighted by Gasteiger charge is 2.12. The highest BCUT2D eigenvalue weighted by Crippen LogP contribution is 2.27. The van der Waals surface area contributed by atoms with Crippen molar-refractivity contribution in [3.63, 3.8) is 0 Å². The van der Waals surface area contributed by atoms with Gasteiger partial charge in [-0.2, -0.15) is 0 Å². The first-order chi connectivity index (χ1) is 7.69. The van der Waals surface area contributed by atoms with Crippen LogP contribution in [0.25, 0.3) is 0 Å². The van der Waals surface area contributed by atoms with Crippen molar-refractivity contribution in [3.05, 3.63) is 33.8 Å². The Labute approximate surface area is 108 Å². The van der Waals surface area contributed by atoms with E-state index < -0.39 is 0 Å². The molecule has 90 valence electrons. The Balaban J connectivity index is 2.76. The quantitative estimate of drug-likeness (QED) is 0.809. The molecular weight excluding hydrogens is 241 g/mol. The molecule has 0 aliphatic heterocycles. The predicted octanol–water partition coefficient (Wildman–Crippen LogP) is 4.17. The van der Waals surface area contributed by atoms with Gasteiger partial charge in [0.1, 0.15) is 0 Å². The molecule has 1 aromatic carbocycles. The van der Waals surface area contributed by atoms with Crippen LogP contribution in [-0.4, -0.2) is 13.6 Å². The third-order valence-electron chi connectivity index (χ3n) is 2.74. The zero-order valence-corrected chi connectivity index (χ0v) is 11.4. The van der Waals surface area contributed by atoms with Crippen molar-refractivity contribution in [1.82, 2.24) is 5.32 Å². The van der Waals surface area contributed by atoms with Gasteiger partial charge >= 0.3 is 0 Å². The molecule has 1 unspecified atom stereocenters. The summed E-state index contributed by atoms with van der Waals surface area (Å²) in [4.78, 5) is 0.